The molecule has 0 fully saturated rings. The molecule has 21 heavy (non-hydrogen) atoms. The third-order valence-electron chi connectivity index (χ3n) is 3.25. The molecule has 1 aromatic carbocycles. The Labute approximate surface area is 130 Å². The van der Waals surface area contributed by atoms with Crippen LogP contribution < -0.4 is 14.8 Å². The van der Waals surface area contributed by atoms with Gasteiger partial charge in [-0.05, 0) is 24.1 Å². The summed E-state index contributed by atoms with van der Waals surface area (Å²) < 4.78 is 12.8. The van der Waals surface area contributed by atoms with Gasteiger partial charge in [0.1, 0.15) is 11.5 Å². The Bertz CT molecular complexity index is 596. The topological polar surface area (TPSA) is 35.4 Å². The Morgan fingerprint density at radius 1 is 1.19 bits per heavy atom. The van der Waals surface area contributed by atoms with Crippen molar-refractivity contribution in [2.24, 2.45) is 0 Å². The molecule has 0 radical (unpaired) electrons. The molecule has 2 rings (SSSR count). The molecule has 2 aromatic rings. The predicted octanol–water partition coefficient (Wildman–Crippen LogP) is 4.18. The Hall–Kier alpha value is -1.81. The lowest BCUT2D eigenvalue weighted by Gasteiger charge is -2.13. The third kappa shape index (κ3) is 3.85. The van der Waals surface area contributed by atoms with E-state index in [0.717, 1.165) is 25.2 Å². The van der Waals surface area contributed by atoms with Crippen LogP contribution in [0.25, 0.3) is 0 Å². The van der Waals surface area contributed by atoms with Crippen molar-refractivity contribution in [1.29, 1.82) is 0 Å². The quantitative estimate of drug-likeness (QED) is 0.833. The first-order chi connectivity index (χ1) is 10.2. The molecule has 0 aliphatic carbocycles. The van der Waals surface area contributed by atoms with Crippen LogP contribution in [0.3, 0.4) is 0 Å². The van der Waals surface area contributed by atoms with E-state index < -0.39 is 0 Å². The van der Waals surface area contributed by atoms with Crippen LogP contribution in [0.4, 0.5) is 5.69 Å². The lowest BCUT2D eigenvalue weighted by atomic mass is 10.2. The van der Waals surface area contributed by atoms with Gasteiger partial charge in [0, 0.05) is 31.5 Å². The van der Waals surface area contributed by atoms with E-state index in [1.54, 1.807) is 20.3 Å². The summed E-state index contributed by atoms with van der Waals surface area (Å²) in [5.41, 5.74) is 2.07. The summed E-state index contributed by atoms with van der Waals surface area (Å²) in [7, 11) is 3.22. The number of hydrogen-bond donors (Lipinski definition) is 1. The zero-order chi connectivity index (χ0) is 15.2. The number of benzene rings is 1. The summed E-state index contributed by atoms with van der Waals surface area (Å²) in [6, 6.07) is 5.72. The van der Waals surface area contributed by atoms with Crippen LogP contribution >= 0.6 is 11.6 Å². The summed E-state index contributed by atoms with van der Waals surface area (Å²) >= 11 is 6.16. The van der Waals surface area contributed by atoms with Gasteiger partial charge in [-0.3, -0.25) is 0 Å². The molecule has 0 unspecified atom stereocenters. The highest BCUT2D eigenvalue weighted by atomic mass is 35.5. The zero-order valence-corrected chi connectivity index (χ0v) is 13.4. The molecular formula is C16H21ClN2O2. The number of nitrogens with one attached hydrogen (secondary N) is 1. The highest BCUT2D eigenvalue weighted by Gasteiger charge is 2.09. The first-order valence-electron chi connectivity index (χ1n) is 6.98. The SMILES string of the molecule is CCCn1ccc(CNc2cc(Cl)c(OC)cc2OC)c1. The first kappa shape index (κ1) is 15.6. The maximum atomic E-state index is 6.16. The van der Waals surface area contributed by atoms with Crippen molar-refractivity contribution in [2.75, 3.05) is 19.5 Å². The fourth-order valence-corrected chi connectivity index (χ4v) is 2.43. The van der Waals surface area contributed by atoms with Crippen LogP contribution in [0.15, 0.2) is 30.6 Å². The summed E-state index contributed by atoms with van der Waals surface area (Å²) in [6.07, 6.45) is 5.37. The van der Waals surface area contributed by atoms with Gasteiger partial charge < -0.3 is 19.4 Å². The fourth-order valence-electron chi connectivity index (χ4n) is 2.19. The van der Waals surface area contributed by atoms with Gasteiger partial charge in [0.25, 0.3) is 0 Å². The zero-order valence-electron chi connectivity index (χ0n) is 12.6. The molecule has 0 aliphatic rings. The molecule has 0 spiro atoms. The van der Waals surface area contributed by atoms with Gasteiger partial charge in [0.05, 0.1) is 24.9 Å². The van der Waals surface area contributed by atoms with Crippen molar-refractivity contribution >= 4 is 17.3 Å². The average Bonchev–Trinajstić information content (AvgIpc) is 2.93. The maximum Gasteiger partial charge on any atom is 0.145 e. The Balaban J connectivity index is 2.09. The molecule has 0 atom stereocenters. The minimum Gasteiger partial charge on any atom is -0.495 e. The number of hydrogen-bond acceptors (Lipinski definition) is 3. The minimum atomic E-state index is 0.560. The second-order valence-electron chi connectivity index (χ2n) is 4.80. The van der Waals surface area contributed by atoms with Gasteiger partial charge in [-0.15, -0.1) is 0 Å². The number of ether oxygens (including phenoxy) is 2. The molecule has 0 saturated heterocycles. The number of methoxy groups -OCH3 is 2. The van der Waals surface area contributed by atoms with Crippen LogP contribution in [0.5, 0.6) is 11.5 Å². The molecule has 1 aromatic heterocycles. The van der Waals surface area contributed by atoms with Crippen molar-refractivity contribution in [3.63, 3.8) is 0 Å². The Kier molecular flexibility index (Phi) is 5.39. The van der Waals surface area contributed by atoms with Crippen LogP contribution in [0, 0.1) is 0 Å². The number of aryl methyl sites for hydroxylation is 1. The highest BCUT2D eigenvalue weighted by Crippen LogP contribution is 2.36. The van der Waals surface area contributed by atoms with E-state index in [2.05, 4.69) is 35.3 Å². The van der Waals surface area contributed by atoms with Gasteiger partial charge in [-0.2, -0.15) is 0 Å². The molecule has 0 aliphatic heterocycles. The minimum absolute atomic E-state index is 0.560. The van der Waals surface area contributed by atoms with Gasteiger partial charge in [0.15, 0.2) is 0 Å². The number of halogens is 1. The van der Waals surface area contributed by atoms with Crippen molar-refractivity contribution in [3.8, 4) is 11.5 Å². The average molecular weight is 309 g/mol. The maximum absolute atomic E-state index is 6.16. The first-order valence-corrected chi connectivity index (χ1v) is 7.35. The van der Waals surface area contributed by atoms with Crippen LogP contribution in [0.2, 0.25) is 5.02 Å². The Morgan fingerprint density at radius 2 is 1.95 bits per heavy atom. The summed E-state index contributed by atoms with van der Waals surface area (Å²) in [6.45, 7) is 3.93. The van der Waals surface area contributed by atoms with Gasteiger partial charge >= 0.3 is 0 Å². The van der Waals surface area contributed by atoms with Gasteiger partial charge in [0.2, 0.25) is 0 Å². The molecule has 0 amide bonds. The van der Waals surface area contributed by atoms with Gasteiger partial charge in [-0.1, -0.05) is 18.5 Å². The number of nitrogens with zero attached hydrogens (tertiary/aromatic N) is 1. The van der Waals surface area contributed by atoms with E-state index >= 15 is 0 Å². The van der Waals surface area contributed by atoms with Crippen LogP contribution in [-0.2, 0) is 13.1 Å². The van der Waals surface area contributed by atoms with E-state index in [1.165, 1.54) is 5.56 Å². The number of rotatable bonds is 7. The number of anilines is 1. The normalized spacial score (nSPS) is 10.5. The van der Waals surface area contributed by atoms with E-state index in [1.807, 2.05) is 6.07 Å². The van der Waals surface area contributed by atoms with E-state index in [4.69, 9.17) is 21.1 Å². The van der Waals surface area contributed by atoms with E-state index in [-0.39, 0.29) is 0 Å². The van der Waals surface area contributed by atoms with Crippen molar-refractivity contribution in [2.45, 2.75) is 26.4 Å². The predicted molar refractivity (Wildman–Crippen MR) is 86.6 cm³/mol. The molecule has 0 bridgehead atoms. The molecule has 0 saturated carbocycles. The lowest BCUT2D eigenvalue weighted by Crippen LogP contribution is -2.01. The summed E-state index contributed by atoms with van der Waals surface area (Å²) in [5, 5.41) is 3.91. The van der Waals surface area contributed by atoms with Gasteiger partial charge in [-0.25, -0.2) is 0 Å². The largest absolute Gasteiger partial charge is 0.495 e. The molecule has 5 heteroatoms. The molecule has 4 nitrogen and oxygen atoms in total. The smallest absolute Gasteiger partial charge is 0.145 e. The summed E-state index contributed by atoms with van der Waals surface area (Å²) in [5.74, 6) is 1.32. The monoisotopic (exact) mass is 308 g/mol. The van der Waals surface area contributed by atoms with E-state index in [9.17, 15) is 0 Å². The highest BCUT2D eigenvalue weighted by molar-refractivity contribution is 6.32. The second kappa shape index (κ2) is 7.27. The summed E-state index contributed by atoms with van der Waals surface area (Å²) in [4.78, 5) is 0. The van der Waals surface area contributed by atoms with Crippen LogP contribution in [0.1, 0.15) is 18.9 Å². The Morgan fingerprint density at radius 3 is 2.62 bits per heavy atom. The van der Waals surface area contributed by atoms with Crippen molar-refractivity contribution < 1.29 is 9.47 Å². The second-order valence-corrected chi connectivity index (χ2v) is 5.21. The van der Waals surface area contributed by atoms with Crippen LogP contribution in [-0.4, -0.2) is 18.8 Å². The molecule has 1 heterocycles. The lowest BCUT2D eigenvalue weighted by molar-refractivity contribution is 0.395. The molecule has 1 N–H and O–H groups in total. The van der Waals surface area contributed by atoms with Crippen molar-refractivity contribution in [3.05, 3.63) is 41.2 Å². The molecular weight excluding hydrogens is 288 g/mol. The third-order valence-corrected chi connectivity index (χ3v) is 3.55. The van der Waals surface area contributed by atoms with Crippen molar-refractivity contribution in [1.82, 2.24) is 4.57 Å². The standard InChI is InChI=1S/C16H21ClN2O2/c1-4-6-19-7-5-12(11-19)10-18-14-8-13(17)15(20-2)9-16(14)21-3/h5,7-9,11,18H,4,6,10H2,1-3H3. The number of aromatic nitrogens is 1. The molecule has 114 valence electrons. The van der Waals surface area contributed by atoms with E-state index in [0.29, 0.717) is 16.5 Å². The fraction of sp³-hybridized carbons (Fsp3) is 0.375.